The molecule has 0 aromatic heterocycles. The fraction of sp³-hybridized carbons (Fsp3) is 0.500. The van der Waals surface area contributed by atoms with E-state index in [9.17, 15) is 4.79 Å². The molecule has 0 aromatic rings. The molecule has 0 bridgehead atoms. The quantitative estimate of drug-likeness (QED) is 0.486. The van der Waals surface area contributed by atoms with E-state index < -0.39 is 5.41 Å². The minimum Gasteiger partial charge on any atom is -0.280 e. The maximum atomic E-state index is 10.4. The average molecular weight is 127 g/mol. The third kappa shape index (κ3) is 1.51. The summed E-state index contributed by atoms with van der Waals surface area (Å²) in [5.41, 5.74) is -0.755. The Bertz CT molecular complexity index is 141. The monoisotopic (exact) mass is 127 g/mol. The minimum absolute atomic E-state index is 0.375. The number of rotatable bonds is 1. The molecule has 0 saturated carbocycles. The van der Waals surface area contributed by atoms with Crippen molar-refractivity contribution in [1.82, 2.24) is 0 Å². The number of hydrogen-bond acceptors (Lipinski definition) is 1. The summed E-state index contributed by atoms with van der Waals surface area (Å²) in [4.78, 5) is 10.4. The van der Waals surface area contributed by atoms with E-state index in [4.69, 9.17) is 6.42 Å². The van der Waals surface area contributed by atoms with Gasteiger partial charge in [0.2, 0.25) is 5.12 Å². The molecule has 0 aliphatic heterocycles. The summed E-state index contributed by atoms with van der Waals surface area (Å²) >= 11 is 4.33. The van der Waals surface area contributed by atoms with E-state index in [1.165, 1.54) is 0 Å². The normalized spacial score (nSPS) is 10.1. The molecular formula is C6H7OS. The smallest absolute Gasteiger partial charge is 0.236 e. The number of carbonyl (C=O) groups excluding carboxylic acids is 1. The first-order chi connectivity index (χ1) is 3.50. The highest BCUT2D eigenvalue weighted by atomic mass is 32.1. The molecular weight excluding hydrogens is 120 g/mol. The second-order valence-electron chi connectivity index (χ2n) is 2.06. The van der Waals surface area contributed by atoms with Crippen LogP contribution < -0.4 is 0 Å². The first-order valence-electron chi connectivity index (χ1n) is 2.20. The molecule has 0 aliphatic rings. The van der Waals surface area contributed by atoms with Gasteiger partial charge < -0.3 is 0 Å². The molecule has 8 heavy (non-hydrogen) atoms. The summed E-state index contributed by atoms with van der Waals surface area (Å²) in [5.74, 6) is 2.29. The number of terminal acetylenes is 1. The zero-order valence-corrected chi connectivity index (χ0v) is 5.71. The van der Waals surface area contributed by atoms with Crippen molar-refractivity contribution in [2.24, 2.45) is 5.41 Å². The van der Waals surface area contributed by atoms with Crippen LogP contribution in [0.2, 0.25) is 0 Å². The molecule has 0 rings (SSSR count). The first-order valence-corrected chi connectivity index (χ1v) is 2.61. The van der Waals surface area contributed by atoms with E-state index in [1.807, 2.05) is 0 Å². The molecule has 0 amide bonds. The standard InChI is InChI=1S/C6H7OS/c1-4-6(2,3)5(7)8/h1H,2-3H3. The van der Waals surface area contributed by atoms with Crippen molar-refractivity contribution in [2.45, 2.75) is 13.8 Å². The molecule has 0 spiro atoms. The molecule has 0 aliphatic carbocycles. The fourth-order valence-electron chi connectivity index (χ4n) is 0.0589. The SMILES string of the molecule is C#CC(C)(C)C(=O)[S]. The van der Waals surface area contributed by atoms with Gasteiger partial charge in [-0.2, -0.15) is 0 Å². The molecule has 0 N–H and O–H groups in total. The van der Waals surface area contributed by atoms with Gasteiger partial charge >= 0.3 is 0 Å². The van der Waals surface area contributed by atoms with Crippen LogP contribution in [0.25, 0.3) is 0 Å². The lowest BCUT2D eigenvalue weighted by Crippen LogP contribution is -2.15. The van der Waals surface area contributed by atoms with Crippen molar-refractivity contribution < 1.29 is 4.79 Å². The molecule has 1 nitrogen and oxygen atoms in total. The summed E-state index contributed by atoms with van der Waals surface area (Å²) in [7, 11) is 0. The highest BCUT2D eigenvalue weighted by Crippen LogP contribution is 2.15. The van der Waals surface area contributed by atoms with Gasteiger partial charge in [-0.05, 0) is 26.5 Å². The summed E-state index contributed by atoms with van der Waals surface area (Å²) in [5, 5.41) is -0.375. The van der Waals surface area contributed by atoms with Crippen LogP contribution in [-0.4, -0.2) is 5.12 Å². The summed E-state index contributed by atoms with van der Waals surface area (Å²) in [6.07, 6.45) is 4.97. The third-order valence-electron chi connectivity index (χ3n) is 0.871. The largest absolute Gasteiger partial charge is 0.280 e. The van der Waals surface area contributed by atoms with Crippen molar-refractivity contribution >= 4 is 17.7 Å². The van der Waals surface area contributed by atoms with Crippen LogP contribution in [0, 0.1) is 17.8 Å². The molecule has 1 radical (unpaired) electrons. The average Bonchev–Trinajstić information content (AvgIpc) is 1.67. The van der Waals surface area contributed by atoms with E-state index in [-0.39, 0.29) is 5.12 Å². The van der Waals surface area contributed by atoms with E-state index in [1.54, 1.807) is 13.8 Å². The van der Waals surface area contributed by atoms with Crippen molar-refractivity contribution in [3.05, 3.63) is 0 Å². The third-order valence-corrected chi connectivity index (χ3v) is 1.38. The van der Waals surface area contributed by atoms with Crippen LogP contribution in [-0.2, 0) is 4.79 Å². The maximum Gasteiger partial charge on any atom is 0.236 e. The highest BCUT2D eigenvalue weighted by molar-refractivity contribution is 7.96. The van der Waals surface area contributed by atoms with Crippen molar-refractivity contribution in [1.29, 1.82) is 0 Å². The van der Waals surface area contributed by atoms with Crippen LogP contribution in [0.3, 0.4) is 0 Å². The predicted molar refractivity (Wildman–Crippen MR) is 35.2 cm³/mol. The van der Waals surface area contributed by atoms with Gasteiger partial charge in [-0.15, -0.1) is 6.42 Å². The molecule has 0 saturated heterocycles. The predicted octanol–water partition coefficient (Wildman–Crippen LogP) is 1.37. The van der Waals surface area contributed by atoms with Gasteiger partial charge in [0.25, 0.3) is 0 Å². The lowest BCUT2D eigenvalue weighted by atomic mass is 9.97. The summed E-state index contributed by atoms with van der Waals surface area (Å²) in [6, 6.07) is 0. The zero-order chi connectivity index (χ0) is 6.78. The summed E-state index contributed by atoms with van der Waals surface area (Å²) in [6.45, 7) is 3.25. The van der Waals surface area contributed by atoms with Gasteiger partial charge in [0.1, 0.15) is 0 Å². The first kappa shape index (κ1) is 7.45. The van der Waals surface area contributed by atoms with Gasteiger partial charge in [-0.1, -0.05) is 5.92 Å². The molecule has 0 atom stereocenters. The molecule has 0 fully saturated rings. The highest BCUT2D eigenvalue weighted by Gasteiger charge is 2.21. The Kier molecular flexibility index (Phi) is 2.00. The zero-order valence-electron chi connectivity index (χ0n) is 4.89. The Morgan fingerprint density at radius 2 is 2.12 bits per heavy atom. The van der Waals surface area contributed by atoms with Crippen LogP contribution in [0.4, 0.5) is 0 Å². The summed E-state index contributed by atoms with van der Waals surface area (Å²) < 4.78 is 0. The van der Waals surface area contributed by atoms with E-state index in [0.717, 1.165) is 0 Å². The Hall–Kier alpha value is -0.550. The second-order valence-corrected chi connectivity index (χ2v) is 2.43. The van der Waals surface area contributed by atoms with Crippen molar-refractivity contribution in [3.63, 3.8) is 0 Å². The van der Waals surface area contributed by atoms with Crippen LogP contribution in [0.5, 0.6) is 0 Å². The van der Waals surface area contributed by atoms with Gasteiger partial charge in [0.15, 0.2) is 0 Å². The minimum atomic E-state index is -0.755. The molecule has 0 heterocycles. The lowest BCUT2D eigenvalue weighted by molar-refractivity contribution is -0.115. The van der Waals surface area contributed by atoms with Crippen LogP contribution >= 0.6 is 12.6 Å². The molecule has 0 unspecified atom stereocenters. The van der Waals surface area contributed by atoms with E-state index >= 15 is 0 Å². The van der Waals surface area contributed by atoms with Crippen LogP contribution in [0.1, 0.15) is 13.8 Å². The Balaban J connectivity index is 4.19. The number of carbonyl (C=O) groups is 1. The molecule has 0 aromatic carbocycles. The van der Waals surface area contributed by atoms with Crippen LogP contribution in [0.15, 0.2) is 0 Å². The lowest BCUT2D eigenvalue weighted by Gasteiger charge is -2.08. The van der Waals surface area contributed by atoms with Gasteiger partial charge in [0.05, 0.1) is 5.41 Å². The van der Waals surface area contributed by atoms with Crippen molar-refractivity contribution in [2.75, 3.05) is 0 Å². The van der Waals surface area contributed by atoms with Gasteiger partial charge in [0, 0.05) is 0 Å². The molecule has 2 heteroatoms. The molecule has 43 valence electrons. The number of hydrogen-bond donors (Lipinski definition) is 0. The second kappa shape index (κ2) is 2.15. The van der Waals surface area contributed by atoms with Gasteiger partial charge in [-0.25, -0.2) is 0 Å². The van der Waals surface area contributed by atoms with E-state index in [0.29, 0.717) is 0 Å². The van der Waals surface area contributed by atoms with E-state index in [2.05, 4.69) is 18.5 Å². The Morgan fingerprint density at radius 3 is 2.12 bits per heavy atom. The Morgan fingerprint density at radius 1 is 1.75 bits per heavy atom. The van der Waals surface area contributed by atoms with Crippen molar-refractivity contribution in [3.8, 4) is 12.3 Å². The maximum absolute atomic E-state index is 10.4. The topological polar surface area (TPSA) is 17.1 Å². The Labute approximate surface area is 54.9 Å². The fourth-order valence-corrected chi connectivity index (χ4v) is 0.118. The van der Waals surface area contributed by atoms with Gasteiger partial charge in [-0.3, -0.25) is 4.79 Å².